The molecule has 0 aliphatic carbocycles. The Morgan fingerprint density at radius 1 is 0.838 bits per heavy atom. The van der Waals surface area contributed by atoms with E-state index in [9.17, 15) is 9.59 Å². The number of para-hydroxylation sites is 1. The van der Waals surface area contributed by atoms with Crippen molar-refractivity contribution < 1.29 is 9.59 Å². The second-order valence-corrected chi connectivity index (χ2v) is 11.1. The molecule has 5 rings (SSSR count). The summed E-state index contributed by atoms with van der Waals surface area (Å²) in [5.41, 5.74) is 9.19. The van der Waals surface area contributed by atoms with Gasteiger partial charge in [0.05, 0.1) is 5.69 Å². The van der Waals surface area contributed by atoms with Crippen LogP contribution in [0.4, 0.5) is 5.69 Å². The van der Waals surface area contributed by atoms with Gasteiger partial charge in [0, 0.05) is 23.0 Å². The molecule has 2 unspecified atom stereocenters. The van der Waals surface area contributed by atoms with Crippen molar-refractivity contribution in [2.45, 2.75) is 54.7 Å². The molecule has 0 saturated carbocycles. The van der Waals surface area contributed by atoms with E-state index in [1.807, 2.05) is 35.2 Å². The Hall–Kier alpha value is -3.09. The van der Waals surface area contributed by atoms with Gasteiger partial charge in [-0.05, 0) is 74.2 Å². The maximum absolute atomic E-state index is 13.6. The molecule has 2 heterocycles. The third-order valence-corrected chi connectivity index (χ3v) is 8.82. The Kier molecular flexibility index (Phi) is 8.27. The Morgan fingerprint density at radius 2 is 1.57 bits per heavy atom. The number of fused-ring (bicyclic) bond motifs is 1. The van der Waals surface area contributed by atoms with Crippen LogP contribution in [0.15, 0.2) is 83.8 Å². The molecular formula is C31H35N3O2S. The van der Waals surface area contributed by atoms with Gasteiger partial charge in [0.2, 0.25) is 11.8 Å². The number of primary amides is 1. The van der Waals surface area contributed by atoms with Crippen LogP contribution in [0.1, 0.15) is 71.3 Å². The van der Waals surface area contributed by atoms with Gasteiger partial charge in [0.1, 0.15) is 5.25 Å². The smallest absolute Gasteiger partial charge is 0.248 e. The molecule has 192 valence electrons. The van der Waals surface area contributed by atoms with Gasteiger partial charge in [0.15, 0.2) is 0 Å². The number of hydrogen-bond acceptors (Lipinski definition) is 4. The van der Waals surface area contributed by atoms with Crippen molar-refractivity contribution in [2.75, 3.05) is 24.5 Å². The number of unbranched alkanes of at least 4 members (excludes halogenated alkanes) is 2. The lowest BCUT2D eigenvalue weighted by atomic mass is 9.95. The summed E-state index contributed by atoms with van der Waals surface area (Å²) in [6, 6.07) is 26.7. The minimum atomic E-state index is -0.458. The van der Waals surface area contributed by atoms with Crippen molar-refractivity contribution in [3.63, 3.8) is 0 Å². The largest absolute Gasteiger partial charge is 0.366 e. The van der Waals surface area contributed by atoms with Gasteiger partial charge in [-0.15, -0.1) is 11.8 Å². The fourth-order valence-corrected chi connectivity index (χ4v) is 6.79. The number of amides is 2. The minimum absolute atomic E-state index is 0.107. The first-order valence-electron chi connectivity index (χ1n) is 13.4. The number of piperidine rings is 1. The molecule has 2 N–H and O–H groups in total. The summed E-state index contributed by atoms with van der Waals surface area (Å²) in [5.74, 6) is -0.350. The first-order chi connectivity index (χ1) is 18.1. The predicted octanol–water partition coefficient (Wildman–Crippen LogP) is 6.36. The number of anilines is 1. The molecule has 1 saturated heterocycles. The highest BCUT2D eigenvalue weighted by atomic mass is 32.2. The van der Waals surface area contributed by atoms with Gasteiger partial charge in [-0.2, -0.15) is 0 Å². The van der Waals surface area contributed by atoms with Crippen LogP contribution in [-0.2, 0) is 4.79 Å². The predicted molar refractivity (Wildman–Crippen MR) is 151 cm³/mol. The highest BCUT2D eigenvalue weighted by Gasteiger charge is 2.34. The van der Waals surface area contributed by atoms with Crippen LogP contribution in [0, 0.1) is 0 Å². The Balaban J connectivity index is 1.20. The quantitative estimate of drug-likeness (QED) is 0.338. The summed E-state index contributed by atoms with van der Waals surface area (Å²) in [5, 5.41) is -0.322. The maximum Gasteiger partial charge on any atom is 0.248 e. The zero-order chi connectivity index (χ0) is 25.6. The molecule has 5 nitrogen and oxygen atoms in total. The number of hydrogen-bond donors (Lipinski definition) is 1. The van der Waals surface area contributed by atoms with Crippen molar-refractivity contribution >= 4 is 29.3 Å². The number of carbonyl (C=O) groups is 2. The average Bonchev–Trinajstić information content (AvgIpc) is 2.94. The van der Waals surface area contributed by atoms with E-state index in [2.05, 4.69) is 41.3 Å². The maximum atomic E-state index is 13.6. The van der Waals surface area contributed by atoms with Crippen LogP contribution >= 0.6 is 11.8 Å². The number of carbonyl (C=O) groups excluding carboxylic acids is 2. The lowest BCUT2D eigenvalue weighted by Gasteiger charge is -2.36. The topological polar surface area (TPSA) is 66.6 Å². The summed E-state index contributed by atoms with van der Waals surface area (Å²) in [4.78, 5) is 30.8. The van der Waals surface area contributed by atoms with Crippen molar-refractivity contribution in [1.29, 1.82) is 0 Å². The van der Waals surface area contributed by atoms with Gasteiger partial charge in [0.25, 0.3) is 0 Å². The molecule has 1 fully saturated rings. The molecular weight excluding hydrogens is 478 g/mol. The molecule has 3 aromatic carbocycles. The molecule has 0 bridgehead atoms. The van der Waals surface area contributed by atoms with Crippen LogP contribution in [0.2, 0.25) is 0 Å². The number of likely N-dealkylation sites (tertiary alicyclic amines) is 1. The van der Waals surface area contributed by atoms with E-state index < -0.39 is 5.91 Å². The Labute approximate surface area is 224 Å². The Morgan fingerprint density at radius 3 is 2.35 bits per heavy atom. The number of benzene rings is 3. The third kappa shape index (κ3) is 5.91. The van der Waals surface area contributed by atoms with E-state index in [1.165, 1.54) is 31.4 Å². The normalized spacial score (nSPS) is 20.0. The lowest BCUT2D eigenvalue weighted by molar-refractivity contribution is -0.118. The van der Waals surface area contributed by atoms with E-state index >= 15 is 0 Å². The molecule has 37 heavy (non-hydrogen) atoms. The zero-order valence-electron chi connectivity index (χ0n) is 21.2. The highest BCUT2D eigenvalue weighted by molar-refractivity contribution is 8.00. The van der Waals surface area contributed by atoms with Crippen molar-refractivity contribution in [3.8, 4) is 0 Å². The molecule has 2 amide bonds. The number of thioether (sulfide) groups is 1. The van der Waals surface area contributed by atoms with E-state index in [1.54, 1.807) is 23.9 Å². The Bertz CT molecular complexity index is 1210. The third-order valence-electron chi connectivity index (χ3n) is 7.51. The van der Waals surface area contributed by atoms with Crippen molar-refractivity contribution in [2.24, 2.45) is 5.73 Å². The first kappa shape index (κ1) is 25.6. The van der Waals surface area contributed by atoms with E-state index in [-0.39, 0.29) is 11.2 Å². The van der Waals surface area contributed by atoms with Crippen LogP contribution in [0.3, 0.4) is 0 Å². The second kappa shape index (κ2) is 12.0. The van der Waals surface area contributed by atoms with Gasteiger partial charge < -0.3 is 10.6 Å². The highest BCUT2D eigenvalue weighted by Crippen LogP contribution is 2.46. The molecule has 0 aromatic heterocycles. The molecule has 2 aliphatic heterocycles. The summed E-state index contributed by atoms with van der Waals surface area (Å²) in [6.07, 6.45) is 7.03. The monoisotopic (exact) mass is 513 g/mol. The van der Waals surface area contributed by atoms with Gasteiger partial charge >= 0.3 is 0 Å². The SMILES string of the molecule is NC(=O)c1ccc(C2Sc3ccccc3N(CCCCCN3CCCCC3c3ccccc3)C2=O)cc1. The summed E-state index contributed by atoms with van der Waals surface area (Å²) in [7, 11) is 0. The van der Waals surface area contributed by atoms with Crippen LogP contribution in [-0.4, -0.2) is 36.3 Å². The van der Waals surface area contributed by atoms with Crippen molar-refractivity contribution in [3.05, 3.63) is 95.6 Å². The summed E-state index contributed by atoms with van der Waals surface area (Å²) in [6.45, 7) is 2.99. The average molecular weight is 514 g/mol. The fraction of sp³-hybridized carbons (Fsp3) is 0.355. The summed E-state index contributed by atoms with van der Waals surface area (Å²) >= 11 is 1.58. The zero-order valence-corrected chi connectivity index (χ0v) is 22.0. The van der Waals surface area contributed by atoms with Gasteiger partial charge in [-0.1, -0.05) is 67.4 Å². The fourth-order valence-electron chi connectivity index (χ4n) is 5.55. The van der Waals surface area contributed by atoms with E-state index in [0.29, 0.717) is 18.2 Å². The number of rotatable bonds is 9. The van der Waals surface area contributed by atoms with Gasteiger partial charge in [-0.3, -0.25) is 14.5 Å². The standard InChI is InChI=1S/C31H35N3O2S/c32-30(35)25-18-16-24(17-19-25)29-31(36)34(27-14-5-6-15-28(27)37-29)22-9-2-8-20-33-21-10-7-13-26(33)23-11-3-1-4-12-23/h1,3-6,11-12,14-19,26,29H,2,7-10,13,20-22H2,(H2,32,35). The van der Waals surface area contributed by atoms with Gasteiger partial charge in [-0.25, -0.2) is 0 Å². The second-order valence-electron chi connectivity index (χ2n) is 9.96. The van der Waals surface area contributed by atoms with Crippen LogP contribution in [0.5, 0.6) is 0 Å². The minimum Gasteiger partial charge on any atom is -0.366 e. The first-order valence-corrected chi connectivity index (χ1v) is 14.3. The molecule has 3 aromatic rings. The van der Waals surface area contributed by atoms with E-state index in [4.69, 9.17) is 5.73 Å². The number of nitrogens with two attached hydrogens (primary N) is 1. The lowest BCUT2D eigenvalue weighted by Crippen LogP contribution is -2.38. The molecule has 2 aliphatic rings. The van der Waals surface area contributed by atoms with Crippen LogP contribution in [0.25, 0.3) is 0 Å². The molecule has 0 radical (unpaired) electrons. The van der Waals surface area contributed by atoms with Crippen LogP contribution < -0.4 is 10.6 Å². The van der Waals surface area contributed by atoms with E-state index in [0.717, 1.165) is 42.0 Å². The summed E-state index contributed by atoms with van der Waals surface area (Å²) < 4.78 is 0. The number of nitrogens with zero attached hydrogens (tertiary/aromatic N) is 2. The molecule has 2 atom stereocenters. The molecule has 6 heteroatoms. The molecule has 0 spiro atoms. The van der Waals surface area contributed by atoms with Crippen molar-refractivity contribution in [1.82, 2.24) is 4.90 Å².